The molecule has 1 amide bonds. The Hall–Kier alpha value is -1.14. The maximum atomic E-state index is 12.2. The predicted molar refractivity (Wildman–Crippen MR) is 90.5 cm³/mol. The zero-order valence-corrected chi connectivity index (χ0v) is 14.4. The molecule has 1 fully saturated rings. The molecule has 5 nitrogen and oxygen atoms in total. The number of benzene rings is 1. The third-order valence-corrected chi connectivity index (χ3v) is 4.33. The fourth-order valence-electron chi connectivity index (χ4n) is 2.75. The van der Waals surface area contributed by atoms with E-state index in [0.29, 0.717) is 37.7 Å². The molecule has 1 aromatic rings. The summed E-state index contributed by atoms with van der Waals surface area (Å²) in [7, 11) is 0. The molecule has 1 aromatic carbocycles. The van der Waals surface area contributed by atoms with Gasteiger partial charge in [0, 0.05) is 36.6 Å². The maximum absolute atomic E-state index is 12.2. The van der Waals surface area contributed by atoms with E-state index in [-0.39, 0.29) is 18.0 Å². The van der Waals surface area contributed by atoms with Crippen molar-refractivity contribution >= 4 is 17.5 Å². The van der Waals surface area contributed by atoms with E-state index in [4.69, 9.17) is 16.3 Å². The second-order valence-corrected chi connectivity index (χ2v) is 6.49. The lowest BCUT2D eigenvalue weighted by molar-refractivity contribution is -0.135. The highest BCUT2D eigenvalue weighted by Gasteiger charge is 2.22. The molecule has 2 N–H and O–H groups in total. The summed E-state index contributed by atoms with van der Waals surface area (Å²) in [6.45, 7) is 6.42. The molecule has 0 spiro atoms. The molecule has 3 unspecified atom stereocenters. The van der Waals surface area contributed by atoms with Gasteiger partial charge >= 0.3 is 0 Å². The zero-order chi connectivity index (χ0) is 16.8. The van der Waals surface area contributed by atoms with E-state index in [1.54, 1.807) is 12.1 Å². The Morgan fingerprint density at radius 3 is 2.52 bits per heavy atom. The summed E-state index contributed by atoms with van der Waals surface area (Å²) < 4.78 is 5.26. The standard InChI is InChI=1S/C17H25ClN2O3/c1-12(11-16(21)20-7-9-23-10-8-20)19-13(2)17(22)14-3-5-15(18)6-4-14/h3-6,12-13,17,19,22H,7-11H2,1-2H3. The number of hydrogen-bond donors (Lipinski definition) is 2. The molecule has 1 aliphatic rings. The fraction of sp³-hybridized carbons (Fsp3) is 0.588. The number of halogens is 1. The van der Waals surface area contributed by atoms with Crippen LogP contribution < -0.4 is 5.32 Å². The van der Waals surface area contributed by atoms with Gasteiger partial charge in [-0.25, -0.2) is 0 Å². The number of ether oxygens (including phenoxy) is 1. The lowest BCUT2D eigenvalue weighted by atomic mass is 10.0. The van der Waals surface area contributed by atoms with Crippen LogP contribution in [0.15, 0.2) is 24.3 Å². The van der Waals surface area contributed by atoms with E-state index in [1.807, 2.05) is 30.9 Å². The van der Waals surface area contributed by atoms with Crippen LogP contribution in [0.3, 0.4) is 0 Å². The highest BCUT2D eigenvalue weighted by Crippen LogP contribution is 2.19. The number of hydrogen-bond acceptors (Lipinski definition) is 4. The van der Waals surface area contributed by atoms with Crippen molar-refractivity contribution in [2.24, 2.45) is 0 Å². The first-order valence-electron chi connectivity index (χ1n) is 8.02. The quantitative estimate of drug-likeness (QED) is 0.831. The van der Waals surface area contributed by atoms with Crippen molar-refractivity contribution in [1.29, 1.82) is 0 Å². The van der Waals surface area contributed by atoms with Gasteiger partial charge in [0.2, 0.25) is 5.91 Å². The molecule has 3 atom stereocenters. The molecular formula is C17H25ClN2O3. The molecule has 0 aliphatic carbocycles. The van der Waals surface area contributed by atoms with Gasteiger partial charge in [0.15, 0.2) is 0 Å². The van der Waals surface area contributed by atoms with Crippen LogP contribution in [0, 0.1) is 0 Å². The van der Waals surface area contributed by atoms with Crippen LogP contribution in [0.4, 0.5) is 0 Å². The average Bonchev–Trinajstić information content (AvgIpc) is 2.55. The summed E-state index contributed by atoms with van der Waals surface area (Å²) >= 11 is 5.86. The van der Waals surface area contributed by atoms with Crippen LogP contribution >= 0.6 is 11.6 Å². The Morgan fingerprint density at radius 1 is 1.30 bits per heavy atom. The first-order valence-corrected chi connectivity index (χ1v) is 8.40. The summed E-state index contributed by atoms with van der Waals surface area (Å²) in [6.07, 6.45) is -0.231. The molecule has 0 aromatic heterocycles. The first kappa shape index (κ1) is 18.2. The number of carbonyl (C=O) groups is 1. The van der Waals surface area contributed by atoms with Gasteiger partial charge < -0.3 is 20.1 Å². The van der Waals surface area contributed by atoms with Crippen LogP contribution in [0.5, 0.6) is 0 Å². The highest BCUT2D eigenvalue weighted by molar-refractivity contribution is 6.30. The van der Waals surface area contributed by atoms with Gasteiger partial charge in [0.25, 0.3) is 0 Å². The van der Waals surface area contributed by atoms with Crippen LogP contribution in [0.1, 0.15) is 31.9 Å². The number of nitrogens with one attached hydrogen (secondary N) is 1. The normalized spacial score (nSPS) is 19.2. The third-order valence-electron chi connectivity index (χ3n) is 4.08. The molecule has 0 saturated carbocycles. The van der Waals surface area contributed by atoms with Gasteiger partial charge in [-0.05, 0) is 31.5 Å². The van der Waals surface area contributed by atoms with Gasteiger partial charge in [-0.3, -0.25) is 4.79 Å². The van der Waals surface area contributed by atoms with Crippen molar-refractivity contribution in [3.05, 3.63) is 34.9 Å². The van der Waals surface area contributed by atoms with E-state index in [9.17, 15) is 9.90 Å². The molecule has 23 heavy (non-hydrogen) atoms. The summed E-state index contributed by atoms with van der Waals surface area (Å²) in [5.74, 6) is 0.126. The summed E-state index contributed by atoms with van der Waals surface area (Å²) in [4.78, 5) is 14.1. The minimum absolute atomic E-state index is 0.0118. The Morgan fingerprint density at radius 2 is 1.91 bits per heavy atom. The number of carbonyl (C=O) groups excluding carboxylic acids is 1. The lowest BCUT2D eigenvalue weighted by Gasteiger charge is -2.29. The Kier molecular flexibility index (Phi) is 6.84. The van der Waals surface area contributed by atoms with E-state index in [2.05, 4.69) is 5.32 Å². The largest absolute Gasteiger partial charge is 0.387 e. The van der Waals surface area contributed by atoms with Crippen molar-refractivity contribution in [2.45, 2.75) is 38.5 Å². The zero-order valence-electron chi connectivity index (χ0n) is 13.7. The summed E-state index contributed by atoms with van der Waals surface area (Å²) in [5, 5.41) is 14.3. The Labute approximate surface area is 142 Å². The predicted octanol–water partition coefficient (Wildman–Crippen LogP) is 1.99. The summed E-state index contributed by atoms with van der Waals surface area (Å²) in [6, 6.07) is 6.98. The Balaban J connectivity index is 1.82. The van der Waals surface area contributed by atoms with Gasteiger partial charge in [0.05, 0.1) is 19.3 Å². The van der Waals surface area contributed by atoms with E-state index >= 15 is 0 Å². The third kappa shape index (κ3) is 5.46. The van der Waals surface area contributed by atoms with Crippen molar-refractivity contribution in [1.82, 2.24) is 10.2 Å². The number of morpholine rings is 1. The minimum Gasteiger partial charge on any atom is -0.387 e. The second-order valence-electron chi connectivity index (χ2n) is 6.05. The molecule has 0 bridgehead atoms. The van der Waals surface area contributed by atoms with E-state index in [1.165, 1.54) is 0 Å². The summed E-state index contributed by atoms with van der Waals surface area (Å²) in [5.41, 5.74) is 0.807. The minimum atomic E-state index is -0.645. The smallest absolute Gasteiger partial charge is 0.224 e. The van der Waals surface area contributed by atoms with Crippen LogP contribution in [-0.2, 0) is 9.53 Å². The monoisotopic (exact) mass is 340 g/mol. The van der Waals surface area contributed by atoms with Crippen molar-refractivity contribution in [2.75, 3.05) is 26.3 Å². The Bertz CT molecular complexity index is 503. The molecule has 0 radical (unpaired) electrons. The van der Waals surface area contributed by atoms with Crippen LogP contribution in [0.25, 0.3) is 0 Å². The van der Waals surface area contributed by atoms with Crippen LogP contribution in [-0.4, -0.2) is 54.3 Å². The first-order chi connectivity index (χ1) is 11.0. The number of nitrogens with zero attached hydrogens (tertiary/aromatic N) is 1. The molecular weight excluding hydrogens is 316 g/mol. The van der Waals surface area contributed by atoms with Crippen molar-refractivity contribution < 1.29 is 14.6 Å². The van der Waals surface area contributed by atoms with E-state index < -0.39 is 6.10 Å². The lowest BCUT2D eigenvalue weighted by Crippen LogP contribution is -2.45. The average molecular weight is 341 g/mol. The molecule has 128 valence electrons. The number of amides is 1. The van der Waals surface area contributed by atoms with Gasteiger partial charge in [-0.1, -0.05) is 23.7 Å². The molecule has 1 aliphatic heterocycles. The fourth-order valence-corrected chi connectivity index (χ4v) is 2.88. The number of aliphatic hydroxyl groups is 1. The second kappa shape index (κ2) is 8.64. The molecule has 1 saturated heterocycles. The van der Waals surface area contributed by atoms with Crippen molar-refractivity contribution in [3.8, 4) is 0 Å². The molecule has 1 heterocycles. The topological polar surface area (TPSA) is 61.8 Å². The SMILES string of the molecule is CC(CC(=O)N1CCOCC1)NC(C)C(O)c1ccc(Cl)cc1. The maximum Gasteiger partial charge on any atom is 0.224 e. The van der Waals surface area contributed by atoms with E-state index in [0.717, 1.165) is 5.56 Å². The van der Waals surface area contributed by atoms with Gasteiger partial charge in [-0.2, -0.15) is 0 Å². The number of rotatable bonds is 6. The number of aliphatic hydroxyl groups excluding tert-OH is 1. The van der Waals surface area contributed by atoms with Gasteiger partial charge in [0.1, 0.15) is 0 Å². The molecule has 2 rings (SSSR count). The van der Waals surface area contributed by atoms with Crippen molar-refractivity contribution in [3.63, 3.8) is 0 Å². The van der Waals surface area contributed by atoms with Crippen LogP contribution in [0.2, 0.25) is 5.02 Å². The molecule has 6 heteroatoms. The van der Waals surface area contributed by atoms with Gasteiger partial charge in [-0.15, -0.1) is 0 Å². The highest BCUT2D eigenvalue weighted by atomic mass is 35.5.